The van der Waals surface area contributed by atoms with Gasteiger partial charge in [-0.25, -0.2) is 0 Å². The molecule has 0 amide bonds. The van der Waals surface area contributed by atoms with Crippen molar-refractivity contribution in [1.29, 1.82) is 0 Å². The molecule has 1 N–H and O–H groups in total. The lowest BCUT2D eigenvalue weighted by molar-refractivity contribution is -0.134. The zero-order chi connectivity index (χ0) is 13.0. The van der Waals surface area contributed by atoms with E-state index >= 15 is 0 Å². The lowest BCUT2D eigenvalue weighted by Crippen LogP contribution is -2.10. The molecule has 0 aromatic carbocycles. The van der Waals surface area contributed by atoms with Crippen LogP contribution in [0.3, 0.4) is 0 Å². The Morgan fingerprint density at radius 1 is 1.33 bits per heavy atom. The summed E-state index contributed by atoms with van der Waals surface area (Å²) in [6.45, 7) is 2.03. The van der Waals surface area contributed by atoms with Crippen molar-refractivity contribution in [3.05, 3.63) is 11.7 Å². The predicted molar refractivity (Wildman–Crippen MR) is 58.0 cm³/mol. The van der Waals surface area contributed by atoms with Crippen molar-refractivity contribution < 1.29 is 17.7 Å². The molecule has 2 heterocycles. The molecule has 1 atom stereocenters. The molecule has 1 unspecified atom stereocenters. The standard InChI is InChI=1S/C11H16F3N3O/c12-11(13,14)5-3-9-16-10(18-17-9)2-1-8-4-6-15-7-8/h8,15H,1-7H2. The van der Waals surface area contributed by atoms with Crippen LogP contribution < -0.4 is 5.32 Å². The molecule has 2 rings (SSSR count). The summed E-state index contributed by atoms with van der Waals surface area (Å²) in [6, 6.07) is 0. The van der Waals surface area contributed by atoms with Gasteiger partial charge in [-0.1, -0.05) is 5.16 Å². The highest BCUT2D eigenvalue weighted by molar-refractivity contribution is 4.88. The zero-order valence-corrected chi connectivity index (χ0v) is 9.96. The highest BCUT2D eigenvalue weighted by Gasteiger charge is 2.27. The quantitative estimate of drug-likeness (QED) is 0.884. The number of nitrogens with one attached hydrogen (secondary N) is 1. The minimum atomic E-state index is -4.17. The molecular weight excluding hydrogens is 247 g/mol. The maximum atomic E-state index is 12.0. The van der Waals surface area contributed by atoms with Gasteiger partial charge in [0.05, 0.1) is 6.42 Å². The second-order valence-corrected chi connectivity index (χ2v) is 4.62. The number of alkyl halides is 3. The van der Waals surface area contributed by atoms with E-state index in [0.717, 1.165) is 25.9 Å². The monoisotopic (exact) mass is 263 g/mol. The normalized spacial score (nSPS) is 20.5. The van der Waals surface area contributed by atoms with E-state index in [2.05, 4.69) is 15.5 Å². The molecule has 0 bridgehead atoms. The largest absolute Gasteiger partial charge is 0.389 e. The number of hydrogen-bond acceptors (Lipinski definition) is 4. The first-order chi connectivity index (χ1) is 8.53. The van der Waals surface area contributed by atoms with Gasteiger partial charge in [-0.05, 0) is 31.8 Å². The molecule has 1 saturated heterocycles. The number of nitrogens with zero attached hydrogens (tertiary/aromatic N) is 2. The minimum Gasteiger partial charge on any atom is -0.339 e. The summed E-state index contributed by atoms with van der Waals surface area (Å²) in [5.74, 6) is 1.20. The number of rotatable bonds is 5. The smallest absolute Gasteiger partial charge is 0.339 e. The van der Waals surface area contributed by atoms with Gasteiger partial charge in [0, 0.05) is 12.8 Å². The van der Waals surface area contributed by atoms with E-state index < -0.39 is 12.6 Å². The summed E-state index contributed by atoms with van der Waals surface area (Å²) in [6.07, 6.45) is -2.57. The summed E-state index contributed by atoms with van der Waals surface area (Å²) in [5.41, 5.74) is 0. The molecule has 1 aromatic rings. The lowest BCUT2D eigenvalue weighted by atomic mass is 10.0. The molecule has 1 fully saturated rings. The Kier molecular flexibility index (Phi) is 4.21. The Labute approximate surface area is 103 Å². The minimum absolute atomic E-state index is 0.145. The van der Waals surface area contributed by atoms with E-state index in [1.165, 1.54) is 0 Å². The molecule has 18 heavy (non-hydrogen) atoms. The van der Waals surface area contributed by atoms with Crippen LogP contribution in [0.15, 0.2) is 4.52 Å². The molecule has 0 aliphatic carbocycles. The fraction of sp³-hybridized carbons (Fsp3) is 0.818. The molecule has 7 heteroatoms. The van der Waals surface area contributed by atoms with Crippen LogP contribution in [-0.4, -0.2) is 29.4 Å². The molecule has 102 valence electrons. The van der Waals surface area contributed by atoms with Crippen molar-refractivity contribution in [2.45, 2.75) is 38.3 Å². The summed E-state index contributed by atoms with van der Waals surface area (Å²) in [4.78, 5) is 3.98. The summed E-state index contributed by atoms with van der Waals surface area (Å²) in [7, 11) is 0. The molecule has 0 radical (unpaired) electrons. The van der Waals surface area contributed by atoms with Crippen molar-refractivity contribution in [2.75, 3.05) is 13.1 Å². The van der Waals surface area contributed by atoms with E-state index in [0.29, 0.717) is 18.2 Å². The summed E-state index contributed by atoms with van der Waals surface area (Å²) >= 11 is 0. The van der Waals surface area contributed by atoms with E-state index in [4.69, 9.17) is 4.52 Å². The second-order valence-electron chi connectivity index (χ2n) is 4.62. The van der Waals surface area contributed by atoms with Crippen molar-refractivity contribution in [3.8, 4) is 0 Å². The van der Waals surface area contributed by atoms with Crippen LogP contribution in [0.2, 0.25) is 0 Å². The SMILES string of the molecule is FC(F)(F)CCc1noc(CCC2CCNC2)n1. The highest BCUT2D eigenvalue weighted by Crippen LogP contribution is 2.21. The molecule has 1 aromatic heterocycles. The van der Waals surface area contributed by atoms with Crippen LogP contribution >= 0.6 is 0 Å². The first kappa shape index (κ1) is 13.3. The van der Waals surface area contributed by atoms with E-state index in [1.54, 1.807) is 0 Å². The van der Waals surface area contributed by atoms with Crippen LogP contribution in [0.25, 0.3) is 0 Å². The van der Waals surface area contributed by atoms with Crippen LogP contribution in [0.5, 0.6) is 0 Å². The van der Waals surface area contributed by atoms with Crippen LogP contribution in [0.1, 0.15) is 31.0 Å². The number of aromatic nitrogens is 2. The van der Waals surface area contributed by atoms with Crippen molar-refractivity contribution in [1.82, 2.24) is 15.5 Å². The molecular formula is C11H16F3N3O. The zero-order valence-electron chi connectivity index (χ0n) is 9.96. The average molecular weight is 263 g/mol. The van der Waals surface area contributed by atoms with Gasteiger partial charge in [0.15, 0.2) is 5.82 Å². The third-order valence-electron chi connectivity index (χ3n) is 3.07. The van der Waals surface area contributed by atoms with Gasteiger partial charge in [-0.15, -0.1) is 0 Å². The summed E-state index contributed by atoms with van der Waals surface area (Å²) in [5, 5.41) is 6.82. The Balaban J connectivity index is 1.75. The molecule has 1 aliphatic heterocycles. The number of halogens is 3. The average Bonchev–Trinajstić information content (AvgIpc) is 2.94. The van der Waals surface area contributed by atoms with E-state index in [1.807, 2.05) is 0 Å². The number of hydrogen-bond donors (Lipinski definition) is 1. The molecule has 1 aliphatic rings. The Morgan fingerprint density at radius 3 is 2.83 bits per heavy atom. The molecule has 0 saturated carbocycles. The maximum Gasteiger partial charge on any atom is 0.389 e. The Bertz CT molecular complexity index is 372. The van der Waals surface area contributed by atoms with Gasteiger partial charge in [-0.3, -0.25) is 0 Å². The fourth-order valence-electron chi connectivity index (χ4n) is 2.04. The third-order valence-corrected chi connectivity index (χ3v) is 3.07. The van der Waals surface area contributed by atoms with Gasteiger partial charge in [0.25, 0.3) is 0 Å². The van der Waals surface area contributed by atoms with Crippen LogP contribution in [0.4, 0.5) is 13.2 Å². The van der Waals surface area contributed by atoms with Gasteiger partial charge < -0.3 is 9.84 Å². The molecule has 4 nitrogen and oxygen atoms in total. The van der Waals surface area contributed by atoms with Gasteiger partial charge >= 0.3 is 6.18 Å². The van der Waals surface area contributed by atoms with Crippen molar-refractivity contribution in [3.63, 3.8) is 0 Å². The first-order valence-corrected chi connectivity index (χ1v) is 6.12. The predicted octanol–water partition coefficient (Wildman–Crippen LogP) is 2.11. The topological polar surface area (TPSA) is 51.0 Å². The van der Waals surface area contributed by atoms with Crippen molar-refractivity contribution >= 4 is 0 Å². The first-order valence-electron chi connectivity index (χ1n) is 6.12. The van der Waals surface area contributed by atoms with Gasteiger partial charge in [-0.2, -0.15) is 18.2 Å². The number of aryl methyl sites for hydroxylation is 2. The van der Waals surface area contributed by atoms with Crippen LogP contribution in [-0.2, 0) is 12.8 Å². The Hall–Kier alpha value is -1.11. The van der Waals surface area contributed by atoms with E-state index in [9.17, 15) is 13.2 Å². The second kappa shape index (κ2) is 5.69. The fourth-order valence-corrected chi connectivity index (χ4v) is 2.04. The third kappa shape index (κ3) is 4.29. The molecule has 0 spiro atoms. The maximum absolute atomic E-state index is 12.0. The van der Waals surface area contributed by atoms with Crippen molar-refractivity contribution in [2.24, 2.45) is 5.92 Å². The Morgan fingerprint density at radius 2 is 2.17 bits per heavy atom. The van der Waals surface area contributed by atoms with Gasteiger partial charge in [0.2, 0.25) is 5.89 Å². The lowest BCUT2D eigenvalue weighted by Gasteiger charge is -2.04. The van der Waals surface area contributed by atoms with E-state index in [-0.39, 0.29) is 12.2 Å². The summed E-state index contributed by atoms with van der Waals surface area (Å²) < 4.78 is 41.0. The van der Waals surface area contributed by atoms with Gasteiger partial charge in [0.1, 0.15) is 0 Å². The highest BCUT2D eigenvalue weighted by atomic mass is 19.4. The van der Waals surface area contributed by atoms with Crippen LogP contribution in [0, 0.1) is 5.92 Å².